The molecule has 2 aromatic rings. The summed E-state index contributed by atoms with van der Waals surface area (Å²) in [5.74, 6) is 0.627. The molecule has 0 amide bonds. The number of rotatable bonds is 6. The molecular weight excluding hydrogens is 288 g/mol. The molecule has 0 aliphatic heterocycles. The van der Waals surface area contributed by atoms with E-state index >= 15 is 0 Å². The summed E-state index contributed by atoms with van der Waals surface area (Å²) in [6.45, 7) is 2.72. The van der Waals surface area contributed by atoms with Gasteiger partial charge in [-0.15, -0.1) is 5.10 Å². The summed E-state index contributed by atoms with van der Waals surface area (Å²) in [6.07, 6.45) is 2.49. The van der Waals surface area contributed by atoms with E-state index in [0.717, 1.165) is 10.6 Å². The Hall–Kier alpha value is -1.59. The molecule has 6 heteroatoms. The summed E-state index contributed by atoms with van der Waals surface area (Å²) >= 11 is 6.04. The van der Waals surface area contributed by atoms with Gasteiger partial charge in [-0.2, -0.15) is 0 Å². The van der Waals surface area contributed by atoms with Crippen LogP contribution >= 0.6 is 11.6 Å². The van der Waals surface area contributed by atoms with Crippen molar-refractivity contribution in [3.05, 3.63) is 40.7 Å². The van der Waals surface area contributed by atoms with Crippen LogP contribution < -0.4 is 10.2 Å². The van der Waals surface area contributed by atoms with E-state index in [4.69, 9.17) is 16.0 Å². The summed E-state index contributed by atoms with van der Waals surface area (Å²) in [5, 5.41) is 12.3. The molecule has 1 atom stereocenters. The van der Waals surface area contributed by atoms with Crippen LogP contribution in [-0.4, -0.2) is 23.3 Å². The molecule has 1 fully saturated rings. The van der Waals surface area contributed by atoms with Gasteiger partial charge in [-0.05, 0) is 37.5 Å². The second kappa shape index (κ2) is 6.03. The van der Waals surface area contributed by atoms with Crippen molar-refractivity contribution < 1.29 is 4.42 Å². The standard InChI is InChI=1S/C15H19ClN4O/c1-10(11-4-3-5-12(16)8-11)20(2)15-19-18-14(21-15)9-17-13-6-7-13/h3-5,8,10,13,17H,6-7,9H2,1-2H3. The van der Waals surface area contributed by atoms with Gasteiger partial charge < -0.3 is 14.6 Å². The van der Waals surface area contributed by atoms with Crippen molar-refractivity contribution in [3.8, 4) is 0 Å². The van der Waals surface area contributed by atoms with E-state index in [-0.39, 0.29) is 6.04 Å². The Morgan fingerprint density at radius 2 is 2.24 bits per heavy atom. The molecule has 5 nitrogen and oxygen atoms in total. The highest BCUT2D eigenvalue weighted by Gasteiger charge is 2.22. The highest BCUT2D eigenvalue weighted by Crippen LogP contribution is 2.26. The zero-order valence-electron chi connectivity index (χ0n) is 12.2. The number of benzene rings is 1. The number of hydrogen-bond acceptors (Lipinski definition) is 5. The van der Waals surface area contributed by atoms with Crippen molar-refractivity contribution in [2.24, 2.45) is 0 Å². The Morgan fingerprint density at radius 3 is 2.95 bits per heavy atom. The minimum absolute atomic E-state index is 0.105. The zero-order valence-corrected chi connectivity index (χ0v) is 13.0. The first-order valence-corrected chi connectivity index (χ1v) is 7.55. The molecule has 112 valence electrons. The van der Waals surface area contributed by atoms with E-state index in [9.17, 15) is 0 Å². The van der Waals surface area contributed by atoms with Gasteiger partial charge in [0.15, 0.2) is 0 Å². The third-order valence-corrected chi connectivity index (χ3v) is 4.02. The van der Waals surface area contributed by atoms with Crippen LogP contribution in [0, 0.1) is 0 Å². The van der Waals surface area contributed by atoms with E-state index < -0.39 is 0 Å². The van der Waals surface area contributed by atoms with Gasteiger partial charge in [0.2, 0.25) is 5.89 Å². The summed E-state index contributed by atoms with van der Waals surface area (Å²) < 4.78 is 5.70. The molecule has 0 bridgehead atoms. The molecule has 0 saturated heterocycles. The minimum atomic E-state index is 0.105. The van der Waals surface area contributed by atoms with E-state index in [2.05, 4.69) is 22.4 Å². The van der Waals surface area contributed by atoms with Gasteiger partial charge in [-0.3, -0.25) is 0 Å². The van der Waals surface area contributed by atoms with Gasteiger partial charge in [0.1, 0.15) is 0 Å². The lowest BCUT2D eigenvalue weighted by Gasteiger charge is -2.23. The molecule has 1 aromatic carbocycles. The van der Waals surface area contributed by atoms with Crippen LogP contribution in [0.5, 0.6) is 0 Å². The van der Waals surface area contributed by atoms with Crippen molar-refractivity contribution >= 4 is 17.6 Å². The van der Waals surface area contributed by atoms with E-state index in [0.29, 0.717) is 24.5 Å². The highest BCUT2D eigenvalue weighted by atomic mass is 35.5. The van der Waals surface area contributed by atoms with Crippen LogP contribution in [0.2, 0.25) is 5.02 Å². The SMILES string of the molecule is CC(c1cccc(Cl)c1)N(C)c1nnc(CNC2CC2)o1. The Morgan fingerprint density at radius 1 is 1.43 bits per heavy atom. The van der Waals surface area contributed by atoms with Gasteiger partial charge in [0.25, 0.3) is 0 Å². The average molecular weight is 307 g/mol. The monoisotopic (exact) mass is 306 g/mol. The molecule has 0 spiro atoms. The van der Waals surface area contributed by atoms with Crippen molar-refractivity contribution in [2.75, 3.05) is 11.9 Å². The van der Waals surface area contributed by atoms with Crippen LogP contribution in [0.25, 0.3) is 0 Å². The fraction of sp³-hybridized carbons (Fsp3) is 0.467. The smallest absolute Gasteiger partial charge is 0.318 e. The Kier molecular flexibility index (Phi) is 4.12. The van der Waals surface area contributed by atoms with E-state index in [1.807, 2.05) is 36.2 Å². The molecule has 1 aliphatic rings. The first-order valence-electron chi connectivity index (χ1n) is 7.17. The van der Waals surface area contributed by atoms with Crippen LogP contribution in [0.4, 0.5) is 6.01 Å². The van der Waals surface area contributed by atoms with Gasteiger partial charge in [-0.1, -0.05) is 28.8 Å². The molecule has 3 rings (SSSR count). The maximum absolute atomic E-state index is 6.04. The molecule has 1 aromatic heterocycles. The third kappa shape index (κ3) is 3.54. The van der Waals surface area contributed by atoms with Crippen molar-refractivity contribution in [3.63, 3.8) is 0 Å². The summed E-state index contributed by atoms with van der Waals surface area (Å²) in [5.41, 5.74) is 1.11. The minimum Gasteiger partial charge on any atom is -0.407 e. The first-order chi connectivity index (χ1) is 10.1. The topological polar surface area (TPSA) is 54.2 Å². The molecule has 1 heterocycles. The number of anilines is 1. The molecular formula is C15H19ClN4O. The maximum atomic E-state index is 6.04. The highest BCUT2D eigenvalue weighted by molar-refractivity contribution is 6.30. The molecule has 1 aliphatic carbocycles. The lowest BCUT2D eigenvalue weighted by Crippen LogP contribution is -2.21. The second-order valence-electron chi connectivity index (χ2n) is 5.48. The third-order valence-electron chi connectivity index (χ3n) is 3.79. The van der Waals surface area contributed by atoms with Gasteiger partial charge in [0.05, 0.1) is 12.6 Å². The number of hydrogen-bond donors (Lipinski definition) is 1. The Labute approximate surface area is 129 Å². The predicted molar refractivity (Wildman–Crippen MR) is 82.4 cm³/mol. The predicted octanol–water partition coefficient (Wildman–Crippen LogP) is 3.17. The van der Waals surface area contributed by atoms with Gasteiger partial charge in [-0.25, -0.2) is 0 Å². The summed E-state index contributed by atoms with van der Waals surface area (Å²) in [7, 11) is 1.94. The molecule has 1 N–H and O–H groups in total. The lowest BCUT2D eigenvalue weighted by molar-refractivity contribution is 0.457. The van der Waals surface area contributed by atoms with Gasteiger partial charge in [0, 0.05) is 18.1 Å². The molecule has 0 radical (unpaired) electrons. The summed E-state index contributed by atoms with van der Waals surface area (Å²) in [4.78, 5) is 1.96. The maximum Gasteiger partial charge on any atom is 0.318 e. The number of aromatic nitrogens is 2. The van der Waals surface area contributed by atoms with Crippen molar-refractivity contribution in [1.29, 1.82) is 0 Å². The number of halogens is 1. The normalized spacial score (nSPS) is 16.0. The lowest BCUT2D eigenvalue weighted by atomic mass is 10.1. The first kappa shape index (κ1) is 14.4. The molecule has 21 heavy (non-hydrogen) atoms. The second-order valence-corrected chi connectivity index (χ2v) is 5.91. The largest absolute Gasteiger partial charge is 0.407 e. The van der Waals surface area contributed by atoms with Crippen LogP contribution in [0.3, 0.4) is 0 Å². The zero-order chi connectivity index (χ0) is 14.8. The Bertz CT molecular complexity index is 611. The fourth-order valence-electron chi connectivity index (χ4n) is 2.13. The number of nitrogens with one attached hydrogen (secondary N) is 1. The van der Waals surface area contributed by atoms with Crippen LogP contribution in [0.15, 0.2) is 28.7 Å². The quantitative estimate of drug-likeness (QED) is 0.888. The van der Waals surface area contributed by atoms with Gasteiger partial charge >= 0.3 is 6.01 Å². The van der Waals surface area contributed by atoms with Crippen molar-refractivity contribution in [2.45, 2.75) is 38.4 Å². The molecule has 1 unspecified atom stereocenters. The number of nitrogens with zero attached hydrogens (tertiary/aromatic N) is 3. The van der Waals surface area contributed by atoms with Crippen LogP contribution in [0.1, 0.15) is 37.3 Å². The van der Waals surface area contributed by atoms with E-state index in [1.54, 1.807) is 0 Å². The molecule has 1 saturated carbocycles. The average Bonchev–Trinajstić information content (AvgIpc) is 3.20. The van der Waals surface area contributed by atoms with Crippen LogP contribution in [-0.2, 0) is 6.54 Å². The fourth-order valence-corrected chi connectivity index (χ4v) is 2.33. The van der Waals surface area contributed by atoms with Crippen molar-refractivity contribution in [1.82, 2.24) is 15.5 Å². The summed E-state index contributed by atoms with van der Waals surface area (Å²) in [6, 6.07) is 9.06. The Balaban J connectivity index is 1.67. The van der Waals surface area contributed by atoms with E-state index in [1.165, 1.54) is 12.8 Å².